The summed E-state index contributed by atoms with van der Waals surface area (Å²) in [7, 11) is 0. The van der Waals surface area contributed by atoms with Crippen LogP contribution in [-0.4, -0.2) is 37.1 Å². The summed E-state index contributed by atoms with van der Waals surface area (Å²) in [6.07, 6.45) is 5.28. The molecular formula is C20H31NO2. The number of ether oxygens (including phenoxy) is 1. The summed E-state index contributed by atoms with van der Waals surface area (Å²) in [5, 5.41) is 0. The first-order chi connectivity index (χ1) is 11.1. The Kier molecular flexibility index (Phi) is 6.64. The average molecular weight is 317 g/mol. The van der Waals surface area contributed by atoms with Crippen LogP contribution < -0.4 is 0 Å². The summed E-state index contributed by atoms with van der Waals surface area (Å²) in [5.41, 5.74) is 1.94. The maximum absolute atomic E-state index is 12.9. The molecule has 0 aromatic heterocycles. The minimum absolute atomic E-state index is 0.0202. The largest absolute Gasteiger partial charge is 0.464 e. The SMILES string of the molecule is CCN(CC)CCOC(=O)C1(c2ccc(C)cc2)CCCCC1. The van der Waals surface area contributed by atoms with Crippen LogP contribution in [0, 0.1) is 6.92 Å². The topological polar surface area (TPSA) is 29.5 Å². The minimum Gasteiger partial charge on any atom is -0.464 e. The molecule has 1 aromatic rings. The maximum atomic E-state index is 12.9. The van der Waals surface area contributed by atoms with E-state index < -0.39 is 5.41 Å². The van der Waals surface area contributed by atoms with Crippen molar-refractivity contribution in [1.29, 1.82) is 0 Å². The van der Waals surface area contributed by atoms with Crippen molar-refractivity contribution < 1.29 is 9.53 Å². The van der Waals surface area contributed by atoms with E-state index in [1.807, 2.05) is 0 Å². The molecule has 1 aliphatic carbocycles. The summed E-state index contributed by atoms with van der Waals surface area (Å²) in [4.78, 5) is 15.2. The number of likely N-dealkylation sites (N-methyl/N-ethyl adjacent to an activating group) is 1. The van der Waals surface area contributed by atoms with E-state index in [-0.39, 0.29) is 5.97 Å². The van der Waals surface area contributed by atoms with Gasteiger partial charge in [0, 0.05) is 6.54 Å². The molecular weight excluding hydrogens is 286 g/mol. The highest BCUT2D eigenvalue weighted by Crippen LogP contribution is 2.40. The van der Waals surface area contributed by atoms with Crippen molar-refractivity contribution in [2.75, 3.05) is 26.2 Å². The lowest BCUT2D eigenvalue weighted by molar-refractivity contribution is -0.152. The summed E-state index contributed by atoms with van der Waals surface area (Å²) >= 11 is 0. The van der Waals surface area contributed by atoms with Crippen LogP contribution in [0.15, 0.2) is 24.3 Å². The minimum atomic E-state index is -0.421. The highest BCUT2D eigenvalue weighted by Gasteiger charge is 2.42. The van der Waals surface area contributed by atoms with Gasteiger partial charge in [-0.3, -0.25) is 4.79 Å². The third-order valence-corrected chi connectivity index (χ3v) is 5.24. The van der Waals surface area contributed by atoms with Gasteiger partial charge in [0.1, 0.15) is 6.61 Å². The predicted molar refractivity (Wildman–Crippen MR) is 94.7 cm³/mol. The molecule has 0 bridgehead atoms. The molecule has 1 fully saturated rings. The Balaban J connectivity index is 2.08. The Morgan fingerprint density at radius 2 is 1.70 bits per heavy atom. The van der Waals surface area contributed by atoms with E-state index in [0.717, 1.165) is 50.9 Å². The lowest BCUT2D eigenvalue weighted by atomic mass is 9.69. The third-order valence-electron chi connectivity index (χ3n) is 5.24. The van der Waals surface area contributed by atoms with Gasteiger partial charge in [-0.05, 0) is 38.4 Å². The lowest BCUT2D eigenvalue weighted by Crippen LogP contribution is -2.40. The van der Waals surface area contributed by atoms with E-state index >= 15 is 0 Å². The summed E-state index contributed by atoms with van der Waals surface area (Å²) in [6.45, 7) is 9.67. The molecule has 2 rings (SSSR count). The van der Waals surface area contributed by atoms with Gasteiger partial charge < -0.3 is 9.64 Å². The van der Waals surface area contributed by atoms with Gasteiger partial charge in [-0.2, -0.15) is 0 Å². The number of aryl methyl sites for hydroxylation is 1. The highest BCUT2D eigenvalue weighted by molar-refractivity contribution is 5.83. The molecule has 0 amide bonds. The van der Waals surface area contributed by atoms with Crippen molar-refractivity contribution in [1.82, 2.24) is 4.90 Å². The second-order valence-electron chi connectivity index (χ2n) is 6.67. The van der Waals surface area contributed by atoms with Crippen molar-refractivity contribution >= 4 is 5.97 Å². The third kappa shape index (κ3) is 4.35. The van der Waals surface area contributed by atoms with Gasteiger partial charge in [0.2, 0.25) is 0 Å². The Bertz CT molecular complexity index is 485. The second kappa shape index (κ2) is 8.49. The molecule has 0 saturated heterocycles. The zero-order valence-corrected chi connectivity index (χ0v) is 14.9. The van der Waals surface area contributed by atoms with Crippen molar-refractivity contribution in [3.05, 3.63) is 35.4 Å². The molecule has 0 heterocycles. The number of nitrogens with zero attached hydrogens (tertiary/aromatic N) is 1. The molecule has 1 saturated carbocycles. The van der Waals surface area contributed by atoms with Gasteiger partial charge in [0.25, 0.3) is 0 Å². The lowest BCUT2D eigenvalue weighted by Gasteiger charge is -2.35. The molecule has 1 aromatic carbocycles. The van der Waals surface area contributed by atoms with Crippen molar-refractivity contribution in [3.8, 4) is 0 Å². The smallest absolute Gasteiger partial charge is 0.316 e. The van der Waals surface area contributed by atoms with Gasteiger partial charge in [-0.15, -0.1) is 0 Å². The molecule has 0 radical (unpaired) electrons. The van der Waals surface area contributed by atoms with Crippen LogP contribution in [-0.2, 0) is 14.9 Å². The number of carbonyl (C=O) groups is 1. The Morgan fingerprint density at radius 3 is 2.26 bits per heavy atom. The Morgan fingerprint density at radius 1 is 1.09 bits per heavy atom. The normalized spacial score (nSPS) is 17.2. The quantitative estimate of drug-likeness (QED) is 0.710. The van der Waals surface area contributed by atoms with E-state index in [4.69, 9.17) is 4.74 Å². The van der Waals surface area contributed by atoms with Gasteiger partial charge in [-0.25, -0.2) is 0 Å². The summed E-state index contributed by atoms with van der Waals surface area (Å²) < 4.78 is 5.72. The zero-order chi connectivity index (χ0) is 16.7. The molecule has 0 unspecified atom stereocenters. The first kappa shape index (κ1) is 18.0. The predicted octanol–water partition coefficient (Wildman–Crippen LogP) is 4.08. The molecule has 3 heteroatoms. The average Bonchev–Trinajstić information content (AvgIpc) is 2.59. The molecule has 3 nitrogen and oxygen atoms in total. The Labute approximate surface area is 141 Å². The number of rotatable bonds is 7. The molecule has 0 N–H and O–H groups in total. The van der Waals surface area contributed by atoms with E-state index in [1.165, 1.54) is 12.0 Å². The van der Waals surface area contributed by atoms with E-state index in [1.54, 1.807) is 0 Å². The van der Waals surface area contributed by atoms with Crippen molar-refractivity contribution in [2.24, 2.45) is 0 Å². The van der Waals surface area contributed by atoms with Crippen LogP contribution >= 0.6 is 0 Å². The highest BCUT2D eigenvalue weighted by atomic mass is 16.5. The molecule has 128 valence electrons. The van der Waals surface area contributed by atoms with E-state index in [9.17, 15) is 4.79 Å². The second-order valence-corrected chi connectivity index (χ2v) is 6.67. The summed E-state index contributed by atoms with van der Waals surface area (Å²) in [6, 6.07) is 8.45. The summed E-state index contributed by atoms with van der Waals surface area (Å²) in [5.74, 6) is -0.0202. The number of hydrogen-bond donors (Lipinski definition) is 0. The molecule has 23 heavy (non-hydrogen) atoms. The zero-order valence-electron chi connectivity index (χ0n) is 14.9. The van der Waals surface area contributed by atoms with Gasteiger partial charge in [-0.1, -0.05) is 62.9 Å². The molecule has 0 aliphatic heterocycles. The number of hydrogen-bond acceptors (Lipinski definition) is 3. The van der Waals surface area contributed by atoms with Gasteiger partial charge in [0.05, 0.1) is 5.41 Å². The first-order valence-corrected chi connectivity index (χ1v) is 9.09. The maximum Gasteiger partial charge on any atom is 0.316 e. The van der Waals surface area contributed by atoms with Gasteiger partial charge >= 0.3 is 5.97 Å². The monoisotopic (exact) mass is 317 g/mol. The fraction of sp³-hybridized carbons (Fsp3) is 0.650. The van der Waals surface area contributed by atoms with Crippen molar-refractivity contribution in [3.63, 3.8) is 0 Å². The van der Waals surface area contributed by atoms with E-state index in [2.05, 4.69) is 49.9 Å². The molecule has 1 aliphatic rings. The van der Waals surface area contributed by atoms with Crippen LogP contribution in [0.5, 0.6) is 0 Å². The van der Waals surface area contributed by atoms with Gasteiger partial charge in [0.15, 0.2) is 0 Å². The van der Waals surface area contributed by atoms with Crippen LogP contribution in [0.25, 0.3) is 0 Å². The van der Waals surface area contributed by atoms with Crippen LogP contribution in [0.3, 0.4) is 0 Å². The molecule has 0 atom stereocenters. The number of benzene rings is 1. The fourth-order valence-electron chi connectivity index (χ4n) is 3.58. The Hall–Kier alpha value is -1.35. The standard InChI is InChI=1S/C20H31NO2/c1-4-21(5-2)15-16-23-19(22)20(13-7-6-8-14-20)18-11-9-17(3)10-12-18/h9-12H,4-8,13-16H2,1-3H3. The fourth-order valence-corrected chi connectivity index (χ4v) is 3.58. The first-order valence-electron chi connectivity index (χ1n) is 9.09. The van der Waals surface area contributed by atoms with Crippen molar-refractivity contribution in [2.45, 2.75) is 58.3 Å². The van der Waals surface area contributed by atoms with Crippen LogP contribution in [0.1, 0.15) is 57.1 Å². The molecule has 0 spiro atoms. The van der Waals surface area contributed by atoms with E-state index in [0.29, 0.717) is 6.61 Å². The van der Waals surface area contributed by atoms with Crippen LogP contribution in [0.4, 0.5) is 0 Å². The number of esters is 1. The number of carbonyl (C=O) groups excluding carboxylic acids is 1. The van der Waals surface area contributed by atoms with Crippen LogP contribution in [0.2, 0.25) is 0 Å².